The minimum absolute atomic E-state index is 0.246. The van der Waals surface area contributed by atoms with Crippen LogP contribution >= 0.6 is 0 Å². The lowest BCUT2D eigenvalue weighted by Crippen LogP contribution is -2.29. The van der Waals surface area contributed by atoms with Gasteiger partial charge in [0.2, 0.25) is 5.91 Å². The number of hydrogen-bond donors (Lipinski definition) is 1. The van der Waals surface area contributed by atoms with Gasteiger partial charge in [0.1, 0.15) is 5.92 Å². The standard InChI is InChI=1S/C15H16N2O/c1-2-3-4-8-11-17-15(18)14(12-16)13-9-6-5-7-10-13/h1,5-7,9-10,14H,3-4,8,11H2,(H,17,18). The summed E-state index contributed by atoms with van der Waals surface area (Å²) in [5.74, 6) is 1.57. The summed E-state index contributed by atoms with van der Waals surface area (Å²) in [7, 11) is 0. The largest absolute Gasteiger partial charge is 0.355 e. The average Bonchev–Trinajstić information content (AvgIpc) is 2.40. The smallest absolute Gasteiger partial charge is 0.241 e. The number of unbranched alkanes of at least 4 members (excludes halogenated alkanes) is 2. The van der Waals surface area contributed by atoms with Gasteiger partial charge in [-0.25, -0.2) is 0 Å². The van der Waals surface area contributed by atoms with Crippen LogP contribution in [-0.4, -0.2) is 12.5 Å². The average molecular weight is 240 g/mol. The molecule has 1 atom stereocenters. The highest BCUT2D eigenvalue weighted by Crippen LogP contribution is 2.14. The fraction of sp³-hybridized carbons (Fsp3) is 0.333. The predicted octanol–water partition coefficient (Wildman–Crippen LogP) is 2.21. The van der Waals surface area contributed by atoms with Gasteiger partial charge in [-0.2, -0.15) is 5.26 Å². The van der Waals surface area contributed by atoms with E-state index in [1.807, 2.05) is 24.3 Å². The summed E-state index contributed by atoms with van der Waals surface area (Å²) >= 11 is 0. The molecule has 92 valence electrons. The minimum atomic E-state index is -0.737. The van der Waals surface area contributed by atoms with E-state index in [4.69, 9.17) is 11.7 Å². The molecule has 3 heteroatoms. The van der Waals surface area contributed by atoms with Gasteiger partial charge >= 0.3 is 0 Å². The van der Waals surface area contributed by atoms with Crippen LogP contribution in [0.15, 0.2) is 30.3 Å². The van der Waals surface area contributed by atoms with E-state index >= 15 is 0 Å². The monoisotopic (exact) mass is 240 g/mol. The van der Waals surface area contributed by atoms with E-state index in [1.165, 1.54) is 0 Å². The van der Waals surface area contributed by atoms with Gasteiger partial charge in [0, 0.05) is 13.0 Å². The van der Waals surface area contributed by atoms with Gasteiger partial charge in [-0.3, -0.25) is 4.79 Å². The molecule has 1 aromatic rings. The first-order chi connectivity index (χ1) is 8.79. The van der Waals surface area contributed by atoms with E-state index in [1.54, 1.807) is 12.1 Å². The summed E-state index contributed by atoms with van der Waals surface area (Å²) in [6.07, 6.45) is 7.58. The number of benzene rings is 1. The van der Waals surface area contributed by atoms with E-state index in [2.05, 4.69) is 11.2 Å². The van der Waals surface area contributed by atoms with Gasteiger partial charge in [0.05, 0.1) is 6.07 Å². The first kappa shape index (κ1) is 13.8. The molecule has 0 aromatic heterocycles. The molecular formula is C15H16N2O. The van der Waals surface area contributed by atoms with Gasteiger partial charge in [-0.05, 0) is 18.4 Å². The zero-order valence-corrected chi connectivity index (χ0v) is 10.2. The predicted molar refractivity (Wildman–Crippen MR) is 70.5 cm³/mol. The SMILES string of the molecule is C#CCCCCNC(=O)C(C#N)c1ccccc1. The number of hydrogen-bond acceptors (Lipinski definition) is 2. The van der Waals surface area contributed by atoms with Gasteiger partial charge in [-0.1, -0.05) is 30.3 Å². The zero-order valence-electron chi connectivity index (χ0n) is 10.2. The molecule has 1 amide bonds. The lowest BCUT2D eigenvalue weighted by Gasteiger charge is -2.10. The first-order valence-electron chi connectivity index (χ1n) is 5.95. The van der Waals surface area contributed by atoms with Gasteiger partial charge in [-0.15, -0.1) is 12.3 Å². The normalized spacial score (nSPS) is 11.0. The molecule has 1 N–H and O–H groups in total. The quantitative estimate of drug-likeness (QED) is 0.612. The lowest BCUT2D eigenvalue weighted by atomic mass is 10.00. The van der Waals surface area contributed by atoms with E-state index in [0.29, 0.717) is 6.54 Å². The van der Waals surface area contributed by atoms with Crippen LogP contribution in [0.1, 0.15) is 30.7 Å². The van der Waals surface area contributed by atoms with Crippen LogP contribution in [0, 0.1) is 23.7 Å². The van der Waals surface area contributed by atoms with E-state index in [0.717, 1.165) is 24.8 Å². The Bertz CT molecular complexity index is 454. The van der Waals surface area contributed by atoms with Crippen molar-refractivity contribution in [1.82, 2.24) is 5.32 Å². The van der Waals surface area contributed by atoms with Crippen molar-refractivity contribution in [3.8, 4) is 18.4 Å². The fourth-order valence-corrected chi connectivity index (χ4v) is 1.60. The molecule has 1 unspecified atom stereocenters. The van der Waals surface area contributed by atoms with Gasteiger partial charge in [0.25, 0.3) is 0 Å². The van der Waals surface area contributed by atoms with Crippen molar-refractivity contribution in [2.45, 2.75) is 25.2 Å². The maximum atomic E-state index is 11.8. The van der Waals surface area contributed by atoms with Crippen molar-refractivity contribution in [3.63, 3.8) is 0 Å². The highest BCUT2D eigenvalue weighted by atomic mass is 16.1. The summed E-state index contributed by atoms with van der Waals surface area (Å²) in [6.45, 7) is 0.561. The molecule has 0 aliphatic rings. The first-order valence-corrected chi connectivity index (χ1v) is 5.95. The number of carbonyl (C=O) groups is 1. The van der Waals surface area contributed by atoms with Crippen molar-refractivity contribution in [1.29, 1.82) is 5.26 Å². The van der Waals surface area contributed by atoms with Crippen LogP contribution in [0.25, 0.3) is 0 Å². The van der Waals surface area contributed by atoms with Gasteiger partial charge in [0.15, 0.2) is 0 Å². The summed E-state index contributed by atoms with van der Waals surface area (Å²) < 4.78 is 0. The number of nitrogens with one attached hydrogen (secondary N) is 1. The Morgan fingerprint density at radius 3 is 2.67 bits per heavy atom. The Hall–Kier alpha value is -2.26. The molecule has 1 rings (SSSR count). The highest BCUT2D eigenvalue weighted by Gasteiger charge is 2.18. The summed E-state index contributed by atoms with van der Waals surface area (Å²) in [5, 5.41) is 11.8. The van der Waals surface area contributed by atoms with Crippen LogP contribution in [0.5, 0.6) is 0 Å². The Morgan fingerprint density at radius 2 is 2.06 bits per heavy atom. The van der Waals surface area contributed by atoms with Crippen molar-refractivity contribution >= 4 is 5.91 Å². The Morgan fingerprint density at radius 1 is 1.33 bits per heavy atom. The Kier molecular flexibility index (Phi) is 6.08. The van der Waals surface area contributed by atoms with E-state index in [-0.39, 0.29) is 5.91 Å². The second kappa shape index (κ2) is 7.92. The number of nitriles is 1. The number of rotatable bonds is 6. The van der Waals surface area contributed by atoms with Crippen molar-refractivity contribution in [2.75, 3.05) is 6.54 Å². The molecule has 0 aliphatic heterocycles. The molecule has 1 aromatic carbocycles. The van der Waals surface area contributed by atoms with Crippen LogP contribution in [-0.2, 0) is 4.79 Å². The molecule has 18 heavy (non-hydrogen) atoms. The van der Waals surface area contributed by atoms with Crippen LogP contribution in [0.3, 0.4) is 0 Å². The van der Waals surface area contributed by atoms with Crippen molar-refractivity contribution in [3.05, 3.63) is 35.9 Å². The minimum Gasteiger partial charge on any atom is -0.355 e. The molecule has 0 fully saturated rings. The Labute approximate surface area is 108 Å². The van der Waals surface area contributed by atoms with Crippen LogP contribution < -0.4 is 5.32 Å². The van der Waals surface area contributed by atoms with E-state index in [9.17, 15) is 4.79 Å². The lowest BCUT2D eigenvalue weighted by molar-refractivity contribution is -0.121. The number of amides is 1. The molecule has 0 heterocycles. The molecule has 3 nitrogen and oxygen atoms in total. The van der Waals surface area contributed by atoms with Crippen LogP contribution in [0.2, 0.25) is 0 Å². The molecule has 0 spiro atoms. The second-order valence-corrected chi connectivity index (χ2v) is 3.93. The second-order valence-electron chi connectivity index (χ2n) is 3.93. The molecule has 0 bridgehead atoms. The number of carbonyl (C=O) groups excluding carboxylic acids is 1. The number of terminal acetylenes is 1. The fourth-order valence-electron chi connectivity index (χ4n) is 1.60. The third-order valence-electron chi connectivity index (χ3n) is 2.57. The summed E-state index contributed by atoms with van der Waals surface area (Å²) in [5.41, 5.74) is 0.723. The van der Waals surface area contributed by atoms with Crippen LogP contribution in [0.4, 0.5) is 0 Å². The highest BCUT2D eigenvalue weighted by molar-refractivity contribution is 5.86. The maximum absolute atomic E-state index is 11.8. The van der Waals surface area contributed by atoms with Crippen molar-refractivity contribution in [2.24, 2.45) is 0 Å². The van der Waals surface area contributed by atoms with Crippen molar-refractivity contribution < 1.29 is 4.79 Å². The Balaban J connectivity index is 2.45. The number of nitrogens with zero attached hydrogens (tertiary/aromatic N) is 1. The molecule has 0 saturated heterocycles. The van der Waals surface area contributed by atoms with E-state index < -0.39 is 5.92 Å². The maximum Gasteiger partial charge on any atom is 0.241 e. The summed E-state index contributed by atoms with van der Waals surface area (Å²) in [6, 6.07) is 11.1. The summed E-state index contributed by atoms with van der Waals surface area (Å²) in [4.78, 5) is 11.8. The third kappa shape index (κ3) is 4.31. The molecule has 0 radical (unpaired) electrons. The van der Waals surface area contributed by atoms with Gasteiger partial charge < -0.3 is 5.32 Å². The molecule has 0 saturated carbocycles. The topological polar surface area (TPSA) is 52.9 Å². The zero-order chi connectivity index (χ0) is 13.2. The molecular weight excluding hydrogens is 224 g/mol. The molecule has 0 aliphatic carbocycles. The third-order valence-corrected chi connectivity index (χ3v) is 2.57.